The molecule has 0 aromatic carbocycles. The molecule has 3 fully saturated rings. The van der Waals surface area contributed by atoms with Crippen molar-refractivity contribution in [2.24, 2.45) is 0 Å². The standard InChI is InChI=1S/C13H18N2O.C9H11FN2/c1-3-11(4-1)16-13-6-2-5-12(15-13)10-7-8-14-9-10;10-9-3-1-2-8(12-9)7-4-5-11-6-7/h2,5-6,10-11,14H,1,3-4,7-9H2;1-3,7,11H,4-6H2. The van der Waals surface area contributed by atoms with Crippen LogP contribution in [-0.2, 0) is 0 Å². The molecule has 2 aliphatic heterocycles. The molecule has 28 heavy (non-hydrogen) atoms. The molecular weight excluding hydrogens is 355 g/mol. The maximum absolute atomic E-state index is 12.7. The van der Waals surface area contributed by atoms with Crippen LogP contribution in [0.5, 0.6) is 5.88 Å². The Balaban J connectivity index is 0.000000143. The van der Waals surface area contributed by atoms with Crippen molar-refractivity contribution >= 4 is 0 Å². The molecule has 0 bridgehead atoms. The summed E-state index contributed by atoms with van der Waals surface area (Å²) < 4.78 is 18.5. The first kappa shape index (κ1) is 19.3. The Bertz CT molecular complexity index is 756. The van der Waals surface area contributed by atoms with Gasteiger partial charge >= 0.3 is 0 Å². The lowest BCUT2D eigenvalue weighted by molar-refractivity contribution is 0.114. The van der Waals surface area contributed by atoms with E-state index in [1.54, 1.807) is 6.07 Å². The molecule has 0 amide bonds. The van der Waals surface area contributed by atoms with Crippen LogP contribution < -0.4 is 15.4 Å². The normalized spacial score (nSPS) is 24.3. The largest absolute Gasteiger partial charge is 0.474 e. The van der Waals surface area contributed by atoms with Gasteiger partial charge in [0.15, 0.2) is 0 Å². The summed E-state index contributed by atoms with van der Waals surface area (Å²) in [4.78, 5) is 8.46. The zero-order valence-electron chi connectivity index (χ0n) is 16.2. The average molecular weight is 384 g/mol. The quantitative estimate of drug-likeness (QED) is 0.792. The number of hydrogen-bond acceptors (Lipinski definition) is 5. The molecule has 5 nitrogen and oxygen atoms in total. The van der Waals surface area contributed by atoms with Crippen LogP contribution in [0.2, 0.25) is 0 Å². The van der Waals surface area contributed by atoms with E-state index in [-0.39, 0.29) is 5.95 Å². The maximum Gasteiger partial charge on any atom is 0.213 e. The van der Waals surface area contributed by atoms with Gasteiger partial charge in [0.1, 0.15) is 6.10 Å². The fourth-order valence-corrected chi connectivity index (χ4v) is 3.85. The van der Waals surface area contributed by atoms with Gasteiger partial charge in [-0.1, -0.05) is 12.1 Å². The number of ether oxygens (including phenoxy) is 1. The van der Waals surface area contributed by atoms with Crippen molar-refractivity contribution in [1.29, 1.82) is 0 Å². The highest BCUT2D eigenvalue weighted by atomic mass is 19.1. The van der Waals surface area contributed by atoms with Crippen molar-refractivity contribution in [1.82, 2.24) is 20.6 Å². The van der Waals surface area contributed by atoms with Gasteiger partial charge in [-0.05, 0) is 63.4 Å². The van der Waals surface area contributed by atoms with E-state index in [1.165, 1.54) is 37.4 Å². The van der Waals surface area contributed by atoms with Gasteiger partial charge in [0.05, 0.1) is 0 Å². The summed E-state index contributed by atoms with van der Waals surface area (Å²) in [5.41, 5.74) is 2.06. The van der Waals surface area contributed by atoms with E-state index in [1.807, 2.05) is 12.1 Å². The van der Waals surface area contributed by atoms with E-state index < -0.39 is 0 Å². The van der Waals surface area contributed by atoms with Crippen molar-refractivity contribution in [2.45, 2.75) is 50.0 Å². The number of aromatic nitrogens is 2. The minimum absolute atomic E-state index is 0.376. The van der Waals surface area contributed by atoms with Crippen LogP contribution in [0.1, 0.15) is 55.3 Å². The Hall–Kier alpha value is -2.05. The number of pyridine rings is 2. The van der Waals surface area contributed by atoms with Crippen molar-refractivity contribution in [3.05, 3.63) is 53.7 Å². The van der Waals surface area contributed by atoms with E-state index in [0.717, 1.165) is 44.2 Å². The zero-order valence-corrected chi connectivity index (χ0v) is 16.2. The van der Waals surface area contributed by atoms with Crippen molar-refractivity contribution in [3.8, 4) is 5.88 Å². The van der Waals surface area contributed by atoms with Gasteiger partial charge < -0.3 is 15.4 Å². The molecule has 2 N–H and O–H groups in total. The summed E-state index contributed by atoms with van der Waals surface area (Å²) in [7, 11) is 0. The summed E-state index contributed by atoms with van der Waals surface area (Å²) in [6, 6.07) is 11.1. The summed E-state index contributed by atoms with van der Waals surface area (Å²) in [5, 5.41) is 6.60. The van der Waals surface area contributed by atoms with Crippen LogP contribution in [0.15, 0.2) is 36.4 Å². The van der Waals surface area contributed by atoms with Crippen molar-refractivity contribution in [3.63, 3.8) is 0 Å². The van der Waals surface area contributed by atoms with Crippen LogP contribution in [0.3, 0.4) is 0 Å². The van der Waals surface area contributed by atoms with Crippen LogP contribution in [-0.4, -0.2) is 42.3 Å². The van der Waals surface area contributed by atoms with Crippen LogP contribution in [0, 0.1) is 5.95 Å². The molecule has 150 valence electrons. The Kier molecular flexibility index (Phi) is 6.49. The second-order valence-corrected chi connectivity index (χ2v) is 7.84. The summed E-state index contributed by atoms with van der Waals surface area (Å²) >= 11 is 0. The minimum Gasteiger partial charge on any atom is -0.474 e. The SMILES string of the molecule is Fc1cccc(C2CCNC2)n1.c1cc(OC2CCC2)nc(C2CCNC2)c1. The fourth-order valence-electron chi connectivity index (χ4n) is 3.85. The third-order valence-corrected chi connectivity index (χ3v) is 5.78. The molecule has 1 saturated carbocycles. The molecule has 4 heterocycles. The predicted octanol–water partition coefficient (Wildman–Crippen LogP) is 3.39. The molecule has 2 atom stereocenters. The van der Waals surface area contributed by atoms with E-state index >= 15 is 0 Å². The average Bonchev–Trinajstić information content (AvgIpc) is 3.39. The molecule has 2 saturated heterocycles. The van der Waals surface area contributed by atoms with Gasteiger partial charge in [0, 0.05) is 42.4 Å². The molecule has 5 rings (SSSR count). The van der Waals surface area contributed by atoms with Gasteiger partial charge in [-0.3, -0.25) is 0 Å². The summed E-state index contributed by atoms with van der Waals surface area (Å²) in [6.45, 7) is 4.11. The molecule has 1 aliphatic carbocycles. The second-order valence-electron chi connectivity index (χ2n) is 7.84. The van der Waals surface area contributed by atoms with E-state index in [9.17, 15) is 4.39 Å². The lowest BCUT2D eigenvalue weighted by Gasteiger charge is -2.26. The Morgan fingerprint density at radius 2 is 1.46 bits per heavy atom. The van der Waals surface area contributed by atoms with Crippen molar-refractivity contribution in [2.75, 3.05) is 26.2 Å². The highest BCUT2D eigenvalue weighted by Crippen LogP contribution is 2.26. The van der Waals surface area contributed by atoms with E-state index in [0.29, 0.717) is 17.9 Å². The number of rotatable bonds is 4. The Labute approximate surface area is 166 Å². The molecule has 2 aromatic heterocycles. The number of nitrogens with zero attached hydrogens (tertiary/aromatic N) is 2. The predicted molar refractivity (Wildman–Crippen MR) is 107 cm³/mol. The summed E-state index contributed by atoms with van der Waals surface area (Å²) in [6.07, 6.45) is 6.37. The molecule has 6 heteroatoms. The second kappa shape index (κ2) is 9.43. The van der Waals surface area contributed by atoms with Crippen LogP contribution in [0.25, 0.3) is 0 Å². The smallest absolute Gasteiger partial charge is 0.213 e. The molecule has 2 aromatic rings. The summed E-state index contributed by atoms with van der Waals surface area (Å²) in [5.74, 6) is 1.42. The maximum atomic E-state index is 12.7. The van der Waals surface area contributed by atoms with E-state index in [2.05, 4.69) is 32.7 Å². The van der Waals surface area contributed by atoms with Gasteiger partial charge in [0.2, 0.25) is 11.8 Å². The third kappa shape index (κ3) is 5.06. The molecule has 3 aliphatic rings. The van der Waals surface area contributed by atoms with Gasteiger partial charge in [-0.15, -0.1) is 0 Å². The van der Waals surface area contributed by atoms with Crippen molar-refractivity contribution < 1.29 is 9.13 Å². The monoisotopic (exact) mass is 384 g/mol. The number of nitrogens with one attached hydrogen (secondary N) is 2. The van der Waals surface area contributed by atoms with Crippen LogP contribution >= 0.6 is 0 Å². The fraction of sp³-hybridized carbons (Fsp3) is 0.545. The molecule has 2 unspecified atom stereocenters. The lowest BCUT2D eigenvalue weighted by Crippen LogP contribution is -2.25. The highest BCUT2D eigenvalue weighted by molar-refractivity contribution is 5.20. The zero-order chi connectivity index (χ0) is 19.2. The first-order chi connectivity index (χ1) is 13.8. The Morgan fingerprint density at radius 1 is 0.821 bits per heavy atom. The van der Waals surface area contributed by atoms with Gasteiger partial charge in [-0.25, -0.2) is 9.97 Å². The molecular formula is C22H29FN4O. The number of hydrogen-bond donors (Lipinski definition) is 2. The van der Waals surface area contributed by atoms with Gasteiger partial charge in [-0.2, -0.15) is 4.39 Å². The minimum atomic E-state index is -0.376. The first-order valence-corrected chi connectivity index (χ1v) is 10.5. The van der Waals surface area contributed by atoms with E-state index in [4.69, 9.17) is 4.74 Å². The first-order valence-electron chi connectivity index (χ1n) is 10.5. The van der Waals surface area contributed by atoms with Gasteiger partial charge in [0.25, 0.3) is 0 Å². The highest BCUT2D eigenvalue weighted by Gasteiger charge is 2.21. The molecule has 0 spiro atoms. The van der Waals surface area contributed by atoms with Crippen LogP contribution in [0.4, 0.5) is 4.39 Å². The lowest BCUT2D eigenvalue weighted by atomic mass is 9.96. The number of halogens is 1. The Morgan fingerprint density at radius 3 is 2.00 bits per heavy atom. The molecule has 0 radical (unpaired) electrons. The topological polar surface area (TPSA) is 59.1 Å². The third-order valence-electron chi connectivity index (χ3n) is 5.78.